The van der Waals surface area contributed by atoms with E-state index in [1.165, 1.54) is 99.8 Å². The Morgan fingerprint density at radius 2 is 0.517 bits per heavy atom. The second kappa shape index (κ2) is 21.5. The maximum absolute atomic E-state index is 7.48. The van der Waals surface area contributed by atoms with E-state index in [0.717, 1.165) is 34.1 Å². The molecule has 0 spiro atoms. The average Bonchev–Trinajstić information content (AvgIpc) is 0.700. The molecule has 87 heavy (non-hydrogen) atoms. The Labute approximate surface area is 533 Å². The van der Waals surface area contributed by atoms with E-state index < -0.39 is 0 Å². The summed E-state index contributed by atoms with van der Waals surface area (Å²) in [4.78, 5) is 5.28. The second-order valence-electron chi connectivity index (χ2n) is 32.4. The fraction of sp³-hybridized carbons (Fsp3) is 0.341. The van der Waals surface area contributed by atoms with Crippen molar-refractivity contribution >= 4 is 80.4 Å². The summed E-state index contributed by atoms with van der Waals surface area (Å²) in [6, 6.07) is 65.7. The van der Waals surface area contributed by atoms with Crippen LogP contribution in [0.1, 0.15) is 184 Å². The first-order chi connectivity index (χ1) is 40.4. The predicted molar refractivity (Wildman–Crippen MR) is 383 cm³/mol. The van der Waals surface area contributed by atoms with Crippen molar-refractivity contribution in [3.63, 3.8) is 0 Å². The van der Waals surface area contributed by atoms with Crippen LogP contribution in [0.5, 0.6) is 0 Å². The van der Waals surface area contributed by atoms with Gasteiger partial charge in [0.15, 0.2) is 0 Å². The van der Waals surface area contributed by atoms with Crippen LogP contribution in [0.15, 0.2) is 170 Å². The zero-order valence-corrected chi connectivity index (χ0v) is 57.4. The highest BCUT2D eigenvalue weighted by Crippen LogP contribution is 2.56. The molecule has 0 aliphatic carbocycles. The minimum Gasteiger partial charge on any atom is -0.310 e. The number of benzene rings is 9. The Morgan fingerprint density at radius 1 is 0.264 bits per heavy atom. The molecule has 9 aromatic carbocycles. The first-order valence-electron chi connectivity index (χ1n) is 31.6. The Hall–Kier alpha value is -6.78. The van der Waals surface area contributed by atoms with Crippen molar-refractivity contribution in [3.8, 4) is 44.5 Å². The van der Waals surface area contributed by atoms with E-state index in [0.29, 0.717) is 10.0 Å². The SMILES string of the molecule is CC(C)(C)c1cccc(-c2cc(C(C)(C)C)cc(-c3cccc(C(C)(C)C)c3)c2N2c3cc(Cl)ccc3B3c4ccc(Cl)cc4N(c4c(-c5cccc(C(C)(C)C)c5)cc(C(C)(C)C)cc4-c4cccc(C(C)(C)C)c4)c4cc(C(C)(C)C)cc2c43)c1. The molecule has 0 atom stereocenters. The number of hydrogen-bond acceptors (Lipinski definition) is 2. The predicted octanol–water partition coefficient (Wildman–Crippen LogP) is 22.8. The molecule has 0 radical (unpaired) electrons. The number of rotatable bonds is 6. The lowest BCUT2D eigenvalue weighted by atomic mass is 9.33. The summed E-state index contributed by atoms with van der Waals surface area (Å²) >= 11 is 15.0. The van der Waals surface area contributed by atoms with Crippen LogP contribution in [-0.2, 0) is 37.9 Å². The molecule has 11 rings (SSSR count). The normalized spacial score (nSPS) is 13.9. The van der Waals surface area contributed by atoms with E-state index in [1.807, 2.05) is 0 Å². The first kappa shape index (κ1) is 61.9. The molecule has 2 aliphatic heterocycles. The molecule has 2 aliphatic rings. The minimum absolute atomic E-state index is 0.0923. The molecule has 9 aromatic rings. The molecule has 2 heterocycles. The highest BCUT2D eigenvalue weighted by molar-refractivity contribution is 7.00. The first-order valence-corrected chi connectivity index (χ1v) is 32.3. The van der Waals surface area contributed by atoms with Gasteiger partial charge in [0.2, 0.25) is 0 Å². The number of halogens is 2. The number of anilines is 6. The molecule has 0 saturated carbocycles. The van der Waals surface area contributed by atoms with Crippen molar-refractivity contribution in [3.05, 3.63) is 219 Å². The summed E-state index contributed by atoms with van der Waals surface area (Å²) in [7, 11) is 0. The third-order valence-corrected chi connectivity index (χ3v) is 18.9. The van der Waals surface area contributed by atoms with Crippen LogP contribution in [-0.4, -0.2) is 6.71 Å². The van der Waals surface area contributed by atoms with Gasteiger partial charge in [0.25, 0.3) is 6.71 Å². The minimum atomic E-state index is -0.296. The van der Waals surface area contributed by atoms with E-state index >= 15 is 0 Å². The van der Waals surface area contributed by atoms with Gasteiger partial charge in [0.1, 0.15) is 0 Å². The highest BCUT2D eigenvalue weighted by atomic mass is 35.5. The molecule has 0 amide bonds. The van der Waals surface area contributed by atoms with Gasteiger partial charge in [-0.05, 0) is 176 Å². The molecule has 0 unspecified atom stereocenters. The monoisotopic (exact) mass is 1180 g/mol. The molecule has 0 fully saturated rings. The summed E-state index contributed by atoms with van der Waals surface area (Å²) in [5, 5.41) is 1.37. The van der Waals surface area contributed by atoms with Crippen molar-refractivity contribution in [1.29, 1.82) is 0 Å². The third kappa shape index (κ3) is 11.7. The molecule has 0 bridgehead atoms. The third-order valence-electron chi connectivity index (χ3n) is 18.4. The van der Waals surface area contributed by atoms with Gasteiger partial charge >= 0.3 is 0 Å². The maximum Gasteiger partial charge on any atom is 0.252 e. The second-order valence-corrected chi connectivity index (χ2v) is 33.2. The summed E-state index contributed by atoms with van der Waals surface area (Å²) in [5.74, 6) is 0. The smallest absolute Gasteiger partial charge is 0.252 e. The Balaban J connectivity index is 1.37. The molecule has 0 saturated heterocycles. The fourth-order valence-corrected chi connectivity index (χ4v) is 13.3. The summed E-state index contributed by atoms with van der Waals surface area (Å²) in [5.41, 5.74) is 27.5. The number of hydrogen-bond donors (Lipinski definition) is 0. The molecular formula is C82H91BCl2N2. The van der Waals surface area contributed by atoms with Crippen LogP contribution >= 0.6 is 23.2 Å². The molecule has 0 N–H and O–H groups in total. The van der Waals surface area contributed by atoms with E-state index in [9.17, 15) is 0 Å². The highest BCUT2D eigenvalue weighted by Gasteiger charge is 2.46. The van der Waals surface area contributed by atoms with Gasteiger partial charge < -0.3 is 9.80 Å². The van der Waals surface area contributed by atoms with Gasteiger partial charge in [0, 0.05) is 55.0 Å². The van der Waals surface area contributed by atoms with Gasteiger partial charge in [-0.3, -0.25) is 0 Å². The average molecular weight is 1190 g/mol. The number of fused-ring (bicyclic) bond motifs is 4. The van der Waals surface area contributed by atoms with E-state index in [4.69, 9.17) is 23.2 Å². The fourth-order valence-electron chi connectivity index (χ4n) is 13.0. The van der Waals surface area contributed by atoms with Crippen LogP contribution in [0.25, 0.3) is 44.5 Å². The zero-order valence-electron chi connectivity index (χ0n) is 55.9. The lowest BCUT2D eigenvalue weighted by Gasteiger charge is -2.46. The molecule has 2 nitrogen and oxygen atoms in total. The van der Waals surface area contributed by atoms with Crippen LogP contribution in [0.3, 0.4) is 0 Å². The van der Waals surface area contributed by atoms with Crippen molar-refractivity contribution in [1.82, 2.24) is 0 Å². The Morgan fingerprint density at radius 3 is 0.770 bits per heavy atom. The Kier molecular flexibility index (Phi) is 15.3. The summed E-state index contributed by atoms with van der Waals surface area (Å²) < 4.78 is 0. The quantitative estimate of drug-likeness (QED) is 0.153. The van der Waals surface area contributed by atoms with Crippen LogP contribution < -0.4 is 26.2 Å². The van der Waals surface area contributed by atoms with Gasteiger partial charge in [-0.25, -0.2) is 0 Å². The van der Waals surface area contributed by atoms with Crippen LogP contribution in [0, 0.1) is 0 Å². The summed E-state index contributed by atoms with van der Waals surface area (Å²) in [6.07, 6.45) is 0. The lowest BCUT2D eigenvalue weighted by molar-refractivity contribution is 0.589. The van der Waals surface area contributed by atoms with Crippen LogP contribution in [0.2, 0.25) is 10.0 Å². The van der Waals surface area contributed by atoms with Crippen molar-refractivity contribution in [2.75, 3.05) is 9.80 Å². The van der Waals surface area contributed by atoms with Gasteiger partial charge in [-0.2, -0.15) is 0 Å². The van der Waals surface area contributed by atoms with Crippen molar-refractivity contribution in [2.24, 2.45) is 0 Å². The van der Waals surface area contributed by atoms with E-state index in [-0.39, 0.29) is 44.6 Å². The zero-order chi connectivity index (χ0) is 63.0. The summed E-state index contributed by atoms with van der Waals surface area (Å²) in [6.45, 7) is 48.9. The van der Waals surface area contributed by atoms with Crippen molar-refractivity contribution < 1.29 is 0 Å². The topological polar surface area (TPSA) is 6.48 Å². The Bertz CT molecular complexity index is 3770. The largest absolute Gasteiger partial charge is 0.310 e. The van der Waals surface area contributed by atoms with Gasteiger partial charge in [0.05, 0.1) is 11.4 Å². The van der Waals surface area contributed by atoms with Crippen LogP contribution in [0.4, 0.5) is 34.1 Å². The van der Waals surface area contributed by atoms with Crippen molar-refractivity contribution in [2.45, 2.75) is 183 Å². The van der Waals surface area contributed by atoms with E-state index in [2.05, 4.69) is 325 Å². The van der Waals surface area contributed by atoms with Gasteiger partial charge in [-0.15, -0.1) is 0 Å². The maximum atomic E-state index is 7.48. The molecule has 446 valence electrons. The molecular weight excluding hydrogens is 1090 g/mol. The van der Waals surface area contributed by atoms with Gasteiger partial charge in [-0.1, -0.05) is 278 Å². The lowest BCUT2D eigenvalue weighted by Crippen LogP contribution is -2.61. The number of nitrogens with zero attached hydrogens (tertiary/aromatic N) is 2. The molecule has 5 heteroatoms. The molecule has 0 aromatic heterocycles. The standard InChI is InChI=1S/C82H91BCl2N2/c1-76(2,3)54-30-22-26-50(38-54)63-42-58(80(13,14)15)43-64(51-27-23-31-55(39-51)77(4,5)6)74(63)86-69-48-61(84)34-36-67(69)83-68-37-35-62(85)49-70(68)87(72-47-60(82(19,20)21)46-71(86)73(72)83)75-65(52-28-24-32-56(40-52)78(7,8)9)44-59(81(16,17)18)45-66(75)53-29-25-33-57(41-53)79(10,11)12/h22-49H,1-21H3. The van der Waals surface area contributed by atoms with E-state index in [1.54, 1.807) is 0 Å².